The zero-order valence-corrected chi connectivity index (χ0v) is 7.53. The van der Waals surface area contributed by atoms with Crippen LogP contribution in [0.3, 0.4) is 0 Å². The summed E-state index contributed by atoms with van der Waals surface area (Å²) in [4.78, 5) is 8.06. The lowest BCUT2D eigenvalue weighted by molar-refractivity contribution is 0.548. The largest absolute Gasteiger partial charge is 0.442 e. The molecule has 0 N–H and O–H groups in total. The maximum atomic E-state index is 5.18. The van der Waals surface area contributed by atoms with Gasteiger partial charge in [0, 0.05) is 7.05 Å². The van der Waals surface area contributed by atoms with E-state index in [0.29, 0.717) is 0 Å². The van der Waals surface area contributed by atoms with E-state index >= 15 is 0 Å². The van der Waals surface area contributed by atoms with Gasteiger partial charge >= 0.3 is 0 Å². The number of hydrogen-bond donors (Lipinski definition) is 0. The van der Waals surface area contributed by atoms with E-state index in [1.807, 2.05) is 26.0 Å². The van der Waals surface area contributed by atoms with E-state index in [4.69, 9.17) is 4.42 Å². The van der Waals surface area contributed by atoms with Crippen molar-refractivity contribution in [3.8, 4) is 0 Å². The molecule has 0 unspecified atom stereocenters. The zero-order valence-electron chi connectivity index (χ0n) is 7.53. The fourth-order valence-corrected chi connectivity index (χ4v) is 0.957. The lowest BCUT2D eigenvalue weighted by Crippen LogP contribution is -1.96. The predicted octanol–water partition coefficient (Wildman–Crippen LogP) is 1.98. The summed E-state index contributed by atoms with van der Waals surface area (Å²) in [5.74, 6) is 0.746. The minimum Gasteiger partial charge on any atom is -0.442 e. The number of aromatic nitrogens is 1. The Balaban J connectivity index is 3.04. The van der Waals surface area contributed by atoms with E-state index in [9.17, 15) is 0 Å². The summed E-state index contributed by atoms with van der Waals surface area (Å²) in [6.07, 6.45) is 5.25. The standard InChI is InChI=1S/C9H12N2O/c1-4-5-8(10-3)9-7(2)11-6-12-9/h4-6H,1-3H3/b5-4-,10-8+. The van der Waals surface area contributed by atoms with Gasteiger partial charge in [0.1, 0.15) is 5.71 Å². The molecule has 0 saturated carbocycles. The molecule has 1 heterocycles. The van der Waals surface area contributed by atoms with Gasteiger partial charge in [-0.1, -0.05) is 6.08 Å². The second-order valence-electron chi connectivity index (χ2n) is 2.38. The van der Waals surface area contributed by atoms with Crippen molar-refractivity contribution in [2.24, 2.45) is 4.99 Å². The van der Waals surface area contributed by atoms with E-state index in [1.165, 1.54) is 6.39 Å². The molecule has 0 aliphatic carbocycles. The van der Waals surface area contributed by atoms with Crippen molar-refractivity contribution in [1.29, 1.82) is 0 Å². The lowest BCUT2D eigenvalue weighted by atomic mass is 10.2. The molecule has 1 aromatic rings. The van der Waals surface area contributed by atoms with E-state index in [2.05, 4.69) is 9.98 Å². The molecule has 12 heavy (non-hydrogen) atoms. The van der Waals surface area contributed by atoms with Crippen LogP contribution in [-0.2, 0) is 0 Å². The number of aliphatic imine (C=N–C) groups is 1. The molecule has 0 saturated heterocycles. The first kappa shape index (κ1) is 8.71. The van der Waals surface area contributed by atoms with Crippen molar-refractivity contribution in [1.82, 2.24) is 4.98 Å². The van der Waals surface area contributed by atoms with Crippen molar-refractivity contribution in [3.63, 3.8) is 0 Å². The smallest absolute Gasteiger partial charge is 0.181 e. The van der Waals surface area contributed by atoms with Crippen LogP contribution in [0.15, 0.2) is 28.0 Å². The third kappa shape index (κ3) is 1.61. The Morgan fingerprint density at radius 1 is 1.67 bits per heavy atom. The second kappa shape index (κ2) is 3.85. The summed E-state index contributed by atoms with van der Waals surface area (Å²) < 4.78 is 5.18. The first-order valence-corrected chi connectivity index (χ1v) is 3.79. The minimum absolute atomic E-state index is 0.746. The van der Waals surface area contributed by atoms with Gasteiger partial charge in [-0.25, -0.2) is 4.98 Å². The van der Waals surface area contributed by atoms with Gasteiger partial charge in [0.2, 0.25) is 0 Å². The number of rotatable bonds is 2. The van der Waals surface area contributed by atoms with E-state index in [1.54, 1.807) is 7.05 Å². The molecule has 64 valence electrons. The first-order chi connectivity index (χ1) is 5.79. The van der Waals surface area contributed by atoms with Crippen molar-refractivity contribution in [3.05, 3.63) is 30.0 Å². The highest BCUT2D eigenvalue weighted by Crippen LogP contribution is 2.07. The Morgan fingerprint density at radius 2 is 2.42 bits per heavy atom. The highest BCUT2D eigenvalue weighted by Gasteiger charge is 2.06. The van der Waals surface area contributed by atoms with Gasteiger partial charge in [-0.15, -0.1) is 0 Å². The van der Waals surface area contributed by atoms with Crippen LogP contribution in [0.4, 0.5) is 0 Å². The molecular formula is C9H12N2O. The summed E-state index contributed by atoms with van der Waals surface area (Å²) in [6.45, 7) is 3.84. The molecular weight excluding hydrogens is 152 g/mol. The van der Waals surface area contributed by atoms with Gasteiger partial charge in [-0.2, -0.15) is 0 Å². The van der Waals surface area contributed by atoms with Crippen LogP contribution in [0.25, 0.3) is 0 Å². The molecule has 0 bridgehead atoms. The molecule has 0 spiro atoms. The van der Waals surface area contributed by atoms with Gasteiger partial charge in [0.25, 0.3) is 0 Å². The zero-order chi connectivity index (χ0) is 8.97. The number of aryl methyl sites for hydroxylation is 1. The third-order valence-electron chi connectivity index (χ3n) is 1.54. The first-order valence-electron chi connectivity index (χ1n) is 3.79. The van der Waals surface area contributed by atoms with Crippen LogP contribution in [0.5, 0.6) is 0 Å². The molecule has 0 aromatic carbocycles. The molecule has 0 aliphatic heterocycles. The fraction of sp³-hybridized carbons (Fsp3) is 0.333. The summed E-state index contributed by atoms with van der Waals surface area (Å²) in [7, 11) is 1.73. The number of allylic oxidation sites excluding steroid dienone is 2. The van der Waals surface area contributed by atoms with Crippen molar-refractivity contribution >= 4 is 5.71 Å². The van der Waals surface area contributed by atoms with Gasteiger partial charge in [-0.3, -0.25) is 4.99 Å². The Hall–Kier alpha value is -1.38. The normalized spacial score (nSPS) is 12.8. The van der Waals surface area contributed by atoms with Crippen LogP contribution < -0.4 is 0 Å². The van der Waals surface area contributed by atoms with Crippen molar-refractivity contribution in [2.75, 3.05) is 7.05 Å². The summed E-state index contributed by atoms with van der Waals surface area (Å²) >= 11 is 0. The van der Waals surface area contributed by atoms with Crippen LogP contribution in [0.2, 0.25) is 0 Å². The molecule has 0 amide bonds. The molecule has 0 aliphatic rings. The van der Waals surface area contributed by atoms with Gasteiger partial charge in [0.15, 0.2) is 12.2 Å². The summed E-state index contributed by atoms with van der Waals surface area (Å²) in [5, 5.41) is 0. The molecule has 0 radical (unpaired) electrons. The molecule has 3 nitrogen and oxygen atoms in total. The Kier molecular flexibility index (Phi) is 2.80. The van der Waals surface area contributed by atoms with Crippen LogP contribution in [0, 0.1) is 6.92 Å². The lowest BCUT2D eigenvalue weighted by Gasteiger charge is -1.94. The number of oxazole rings is 1. The quantitative estimate of drug-likeness (QED) is 0.627. The molecule has 1 rings (SSSR count). The van der Waals surface area contributed by atoms with Crippen LogP contribution in [0.1, 0.15) is 18.4 Å². The minimum atomic E-state index is 0.746. The number of nitrogens with zero attached hydrogens (tertiary/aromatic N) is 2. The van der Waals surface area contributed by atoms with Crippen LogP contribution >= 0.6 is 0 Å². The second-order valence-corrected chi connectivity index (χ2v) is 2.38. The molecule has 0 fully saturated rings. The maximum absolute atomic E-state index is 5.18. The van der Waals surface area contributed by atoms with E-state index in [-0.39, 0.29) is 0 Å². The average Bonchev–Trinajstić information content (AvgIpc) is 2.47. The number of hydrogen-bond acceptors (Lipinski definition) is 3. The average molecular weight is 164 g/mol. The Bertz CT molecular complexity index is 310. The maximum Gasteiger partial charge on any atom is 0.181 e. The highest BCUT2D eigenvalue weighted by atomic mass is 16.3. The summed E-state index contributed by atoms with van der Waals surface area (Å²) in [6, 6.07) is 0. The third-order valence-corrected chi connectivity index (χ3v) is 1.54. The van der Waals surface area contributed by atoms with Crippen molar-refractivity contribution in [2.45, 2.75) is 13.8 Å². The van der Waals surface area contributed by atoms with Gasteiger partial charge in [-0.05, 0) is 19.9 Å². The summed E-state index contributed by atoms with van der Waals surface area (Å²) in [5.41, 5.74) is 1.70. The molecule has 0 atom stereocenters. The van der Waals surface area contributed by atoms with E-state index < -0.39 is 0 Å². The fourth-order valence-electron chi connectivity index (χ4n) is 0.957. The monoisotopic (exact) mass is 164 g/mol. The Morgan fingerprint density at radius 3 is 2.83 bits per heavy atom. The SMILES string of the molecule is C/C=C\C(=N/C)c1ocnc1C. The predicted molar refractivity (Wildman–Crippen MR) is 48.5 cm³/mol. The molecule has 1 aromatic heterocycles. The highest BCUT2D eigenvalue weighted by molar-refractivity contribution is 6.07. The van der Waals surface area contributed by atoms with E-state index in [0.717, 1.165) is 17.2 Å². The van der Waals surface area contributed by atoms with Gasteiger partial charge in [0.05, 0.1) is 5.69 Å². The van der Waals surface area contributed by atoms with Gasteiger partial charge < -0.3 is 4.42 Å². The molecule has 3 heteroatoms. The van der Waals surface area contributed by atoms with Crippen molar-refractivity contribution < 1.29 is 4.42 Å². The van der Waals surface area contributed by atoms with Crippen LogP contribution in [-0.4, -0.2) is 17.7 Å². The topological polar surface area (TPSA) is 38.4 Å². The Labute approximate surface area is 71.8 Å².